The molecule has 0 bridgehead atoms. The average Bonchev–Trinajstić information content (AvgIpc) is 2.88. The minimum atomic E-state index is -1.08. The molecule has 0 spiro atoms. The number of carbonyl (C=O) groups excluding carboxylic acids is 1. The Hall–Kier alpha value is -2.44. The topological polar surface area (TPSA) is 59.0 Å². The second-order valence-electron chi connectivity index (χ2n) is 4.48. The molecule has 3 rings (SSSR count). The number of nitrogens with one attached hydrogen (secondary N) is 2. The van der Waals surface area contributed by atoms with Crippen molar-refractivity contribution in [3.05, 3.63) is 41.7 Å². The van der Waals surface area contributed by atoms with E-state index in [-0.39, 0.29) is 11.4 Å². The summed E-state index contributed by atoms with van der Waals surface area (Å²) in [5, 5.41) is 5.38. The quantitative estimate of drug-likeness (QED) is 0.885. The van der Waals surface area contributed by atoms with Gasteiger partial charge in [-0.3, -0.25) is 4.79 Å². The summed E-state index contributed by atoms with van der Waals surface area (Å²) in [6.45, 7) is 1.58. The van der Waals surface area contributed by atoms with Gasteiger partial charge in [0.25, 0.3) is 5.91 Å². The lowest BCUT2D eigenvalue weighted by atomic mass is 10.3. The van der Waals surface area contributed by atoms with Crippen molar-refractivity contribution in [3.8, 4) is 0 Å². The normalized spacial score (nSPS) is 13.5. The molecule has 0 atom stereocenters. The van der Waals surface area contributed by atoms with Gasteiger partial charge in [-0.25, -0.2) is 13.8 Å². The van der Waals surface area contributed by atoms with E-state index in [0.717, 1.165) is 25.6 Å². The Balaban J connectivity index is 1.82. The molecular formula is C13H12F2N4O. The number of halogens is 2. The fourth-order valence-corrected chi connectivity index (χ4v) is 2.07. The van der Waals surface area contributed by atoms with Gasteiger partial charge in [-0.05, 0) is 18.6 Å². The van der Waals surface area contributed by atoms with Crippen molar-refractivity contribution in [2.45, 2.75) is 13.0 Å². The van der Waals surface area contributed by atoms with Gasteiger partial charge in [0.05, 0.1) is 5.69 Å². The number of benzene rings is 1. The number of anilines is 2. The molecule has 0 fully saturated rings. The van der Waals surface area contributed by atoms with Gasteiger partial charge in [0.2, 0.25) is 5.95 Å². The summed E-state index contributed by atoms with van der Waals surface area (Å²) in [6, 6.07) is 3.61. The van der Waals surface area contributed by atoms with E-state index in [0.29, 0.717) is 5.95 Å². The van der Waals surface area contributed by atoms with Crippen molar-refractivity contribution in [3.63, 3.8) is 0 Å². The first kappa shape index (κ1) is 12.6. The number of aromatic nitrogens is 2. The van der Waals surface area contributed by atoms with Crippen LogP contribution >= 0.6 is 0 Å². The standard InChI is InChI=1S/C13H12F2N4O/c14-8-3-1-4-9(11(8)15)17-12(20)10-7-19-6-2-5-16-13(19)18-10/h1,3-4,7H,2,5-6H2,(H,16,18)(H,17,20). The molecule has 0 saturated carbocycles. The lowest BCUT2D eigenvalue weighted by Crippen LogP contribution is -2.16. The molecule has 0 radical (unpaired) electrons. The molecule has 2 N–H and O–H groups in total. The lowest BCUT2D eigenvalue weighted by molar-refractivity contribution is 0.102. The molecule has 1 aliphatic rings. The van der Waals surface area contributed by atoms with Crippen molar-refractivity contribution >= 4 is 17.5 Å². The van der Waals surface area contributed by atoms with Gasteiger partial charge in [0.15, 0.2) is 11.6 Å². The van der Waals surface area contributed by atoms with E-state index in [9.17, 15) is 13.6 Å². The van der Waals surface area contributed by atoms with Crippen LogP contribution in [0.1, 0.15) is 16.9 Å². The zero-order valence-corrected chi connectivity index (χ0v) is 10.5. The summed E-state index contributed by atoms with van der Waals surface area (Å²) in [6.07, 6.45) is 2.54. The number of rotatable bonds is 2. The third-order valence-electron chi connectivity index (χ3n) is 3.07. The highest BCUT2D eigenvalue weighted by Crippen LogP contribution is 2.19. The van der Waals surface area contributed by atoms with Crippen molar-refractivity contribution in [1.29, 1.82) is 0 Å². The second kappa shape index (κ2) is 4.92. The highest BCUT2D eigenvalue weighted by Gasteiger charge is 2.18. The predicted molar refractivity (Wildman–Crippen MR) is 69.6 cm³/mol. The monoisotopic (exact) mass is 278 g/mol. The maximum Gasteiger partial charge on any atom is 0.276 e. The van der Waals surface area contributed by atoms with Gasteiger partial charge in [-0.15, -0.1) is 0 Å². The SMILES string of the molecule is O=C(Nc1cccc(F)c1F)c1cn2c(n1)NCCC2. The second-order valence-corrected chi connectivity index (χ2v) is 4.48. The number of carbonyl (C=O) groups is 1. The van der Waals surface area contributed by atoms with E-state index >= 15 is 0 Å². The molecule has 5 nitrogen and oxygen atoms in total. The van der Waals surface area contributed by atoms with Crippen molar-refractivity contribution in [2.75, 3.05) is 17.2 Å². The minimum absolute atomic E-state index is 0.165. The molecular weight excluding hydrogens is 266 g/mol. The van der Waals surface area contributed by atoms with Crippen LogP contribution in [0.25, 0.3) is 0 Å². The van der Waals surface area contributed by atoms with Crippen LogP contribution in [0.5, 0.6) is 0 Å². The summed E-state index contributed by atoms with van der Waals surface area (Å²) in [5.41, 5.74) is -0.0352. The average molecular weight is 278 g/mol. The summed E-state index contributed by atoms with van der Waals surface area (Å²) >= 11 is 0. The molecule has 0 aliphatic carbocycles. The summed E-state index contributed by atoms with van der Waals surface area (Å²) in [5.74, 6) is -2.05. The number of fused-ring (bicyclic) bond motifs is 1. The van der Waals surface area contributed by atoms with Gasteiger partial charge in [-0.1, -0.05) is 6.07 Å². The Labute approximate surface area is 113 Å². The van der Waals surface area contributed by atoms with Crippen LogP contribution in [0.15, 0.2) is 24.4 Å². The predicted octanol–water partition coefficient (Wildman–Crippen LogP) is 2.23. The zero-order chi connectivity index (χ0) is 14.1. The Kier molecular flexibility index (Phi) is 3.09. The van der Waals surface area contributed by atoms with Crippen LogP contribution < -0.4 is 10.6 Å². The molecule has 1 aromatic heterocycles. The first-order valence-corrected chi connectivity index (χ1v) is 6.21. The van der Waals surface area contributed by atoms with Gasteiger partial charge in [-0.2, -0.15) is 0 Å². The molecule has 104 valence electrons. The first-order chi connectivity index (χ1) is 9.65. The number of hydrogen-bond donors (Lipinski definition) is 2. The fourth-order valence-electron chi connectivity index (χ4n) is 2.07. The van der Waals surface area contributed by atoms with E-state index in [4.69, 9.17) is 0 Å². The largest absolute Gasteiger partial charge is 0.356 e. The highest BCUT2D eigenvalue weighted by molar-refractivity contribution is 6.03. The smallest absolute Gasteiger partial charge is 0.276 e. The van der Waals surface area contributed by atoms with Gasteiger partial charge in [0.1, 0.15) is 5.69 Å². The van der Waals surface area contributed by atoms with E-state index in [1.54, 1.807) is 6.20 Å². The summed E-state index contributed by atoms with van der Waals surface area (Å²) in [7, 11) is 0. The molecule has 2 heterocycles. The lowest BCUT2D eigenvalue weighted by Gasteiger charge is -2.14. The third kappa shape index (κ3) is 2.22. The third-order valence-corrected chi connectivity index (χ3v) is 3.07. The van der Waals surface area contributed by atoms with Crippen LogP contribution in [0.3, 0.4) is 0 Å². The molecule has 1 amide bonds. The number of hydrogen-bond acceptors (Lipinski definition) is 3. The number of aryl methyl sites for hydroxylation is 1. The molecule has 0 unspecified atom stereocenters. The Bertz CT molecular complexity index is 645. The van der Waals surface area contributed by atoms with E-state index in [1.165, 1.54) is 12.1 Å². The first-order valence-electron chi connectivity index (χ1n) is 6.21. The Morgan fingerprint density at radius 3 is 3.05 bits per heavy atom. The fraction of sp³-hybridized carbons (Fsp3) is 0.231. The Morgan fingerprint density at radius 2 is 2.25 bits per heavy atom. The van der Waals surface area contributed by atoms with Crippen molar-refractivity contribution in [2.24, 2.45) is 0 Å². The maximum absolute atomic E-state index is 13.5. The van der Waals surface area contributed by atoms with Crippen LogP contribution in [-0.4, -0.2) is 22.0 Å². The number of amides is 1. The molecule has 2 aromatic rings. The van der Waals surface area contributed by atoms with Crippen LogP contribution in [-0.2, 0) is 6.54 Å². The summed E-state index contributed by atoms with van der Waals surface area (Å²) in [4.78, 5) is 16.1. The van der Waals surface area contributed by atoms with E-state index < -0.39 is 17.5 Å². The highest BCUT2D eigenvalue weighted by atomic mass is 19.2. The van der Waals surface area contributed by atoms with Crippen molar-refractivity contribution < 1.29 is 13.6 Å². The molecule has 1 aliphatic heterocycles. The molecule has 1 aromatic carbocycles. The van der Waals surface area contributed by atoms with Crippen LogP contribution in [0.4, 0.5) is 20.4 Å². The van der Waals surface area contributed by atoms with Crippen LogP contribution in [0, 0.1) is 11.6 Å². The van der Waals surface area contributed by atoms with Crippen molar-refractivity contribution in [1.82, 2.24) is 9.55 Å². The number of nitrogens with zero attached hydrogens (tertiary/aromatic N) is 2. The van der Waals surface area contributed by atoms with E-state index in [2.05, 4.69) is 15.6 Å². The minimum Gasteiger partial charge on any atom is -0.356 e. The molecule has 7 heteroatoms. The molecule has 20 heavy (non-hydrogen) atoms. The van der Waals surface area contributed by atoms with E-state index in [1.807, 2.05) is 4.57 Å². The van der Waals surface area contributed by atoms with Gasteiger partial charge < -0.3 is 15.2 Å². The zero-order valence-electron chi connectivity index (χ0n) is 10.5. The maximum atomic E-state index is 13.5. The summed E-state index contributed by atoms with van der Waals surface area (Å²) < 4.78 is 28.4. The van der Waals surface area contributed by atoms with Gasteiger partial charge in [0, 0.05) is 19.3 Å². The van der Waals surface area contributed by atoms with Gasteiger partial charge >= 0.3 is 0 Å². The number of imidazole rings is 1. The van der Waals surface area contributed by atoms with Crippen LogP contribution in [0.2, 0.25) is 0 Å². The molecule has 0 saturated heterocycles. The Morgan fingerprint density at radius 1 is 1.40 bits per heavy atom.